The molecule has 48 heavy (non-hydrogen) atoms. The molecule has 0 saturated carbocycles. The number of aromatic nitrogens is 2. The van der Waals surface area contributed by atoms with Gasteiger partial charge in [0.05, 0.1) is 10.2 Å². The molecule has 0 unspecified atom stereocenters. The van der Waals surface area contributed by atoms with E-state index in [1.165, 1.54) is 0 Å². The third kappa shape index (κ3) is 21.8. The average Bonchev–Trinajstić information content (AvgIpc) is 2.99. The van der Waals surface area contributed by atoms with Crippen LogP contribution >= 0.6 is 63.7 Å². The number of hydrogen-bond acceptors (Lipinski definition) is 12. The van der Waals surface area contributed by atoms with Gasteiger partial charge in [-0.25, -0.2) is 0 Å². The van der Waals surface area contributed by atoms with Gasteiger partial charge in [-0.1, -0.05) is 87.4 Å². The molecule has 20 heteroatoms. The number of halogens is 4. The molecule has 0 saturated heterocycles. The molecule has 2 aromatic carbocycles. The van der Waals surface area contributed by atoms with E-state index >= 15 is 0 Å². The topological polar surface area (TPSA) is 229 Å². The molecule has 0 aliphatic rings. The van der Waals surface area contributed by atoms with Crippen LogP contribution in [-0.2, 0) is 47.0 Å². The first-order valence-corrected chi connectivity index (χ1v) is 15.7. The van der Waals surface area contributed by atoms with E-state index in [0.717, 1.165) is 33.2 Å². The molecule has 0 spiro atoms. The largest absolute Gasteiger partial charge is 2.00 e. The van der Waals surface area contributed by atoms with Crippen LogP contribution in [0.25, 0.3) is 0 Å². The maximum atomic E-state index is 11.8. The first-order valence-electron chi connectivity index (χ1n) is 12.5. The molecule has 4 rings (SSSR count). The van der Waals surface area contributed by atoms with Crippen LogP contribution in [0.1, 0.15) is 22.5 Å². The second-order valence-electron chi connectivity index (χ2n) is 8.27. The van der Waals surface area contributed by atoms with Crippen LogP contribution in [0.15, 0.2) is 101 Å². The molecule has 0 bridgehead atoms. The molecule has 2 aromatic heterocycles. The van der Waals surface area contributed by atoms with Gasteiger partial charge < -0.3 is 40.9 Å². The summed E-state index contributed by atoms with van der Waals surface area (Å²) in [5, 5.41) is 53.1. The van der Waals surface area contributed by atoms with Crippen molar-refractivity contribution in [3.8, 4) is 11.5 Å². The second kappa shape index (κ2) is 26.9. The van der Waals surface area contributed by atoms with Gasteiger partial charge in [0.15, 0.2) is 0 Å². The summed E-state index contributed by atoms with van der Waals surface area (Å²) in [5.41, 5.74) is 3.14. The van der Waals surface area contributed by atoms with Gasteiger partial charge >= 0.3 is 34.1 Å². The summed E-state index contributed by atoms with van der Waals surface area (Å²) in [6.07, 6.45) is 8.28. The molecular formula is C28H22Br4Cu2N6O8. The van der Waals surface area contributed by atoms with E-state index in [9.17, 15) is 10.2 Å². The van der Waals surface area contributed by atoms with E-state index < -0.39 is 10.2 Å². The molecule has 0 atom stereocenters. The molecule has 2 heterocycles. The minimum Gasteiger partial charge on any atom is -0.871 e. The van der Waals surface area contributed by atoms with Crippen molar-refractivity contribution in [1.29, 1.82) is 0 Å². The molecule has 262 valence electrons. The second-order valence-corrected chi connectivity index (χ2v) is 11.8. The Bertz CT molecular complexity index is 1490. The Hall–Kier alpha value is -2.96. The summed E-state index contributed by atoms with van der Waals surface area (Å²) < 4.78 is 2.77. The fourth-order valence-corrected chi connectivity index (χ4v) is 5.64. The van der Waals surface area contributed by atoms with Crippen molar-refractivity contribution in [2.45, 2.75) is 12.8 Å². The summed E-state index contributed by atoms with van der Waals surface area (Å²) in [5.74, 6) is -0.102. The van der Waals surface area contributed by atoms with E-state index in [-0.39, 0.29) is 45.6 Å². The third-order valence-electron chi connectivity index (χ3n) is 4.98. The molecule has 0 N–H and O–H groups in total. The number of hydrogen-bond donors (Lipinski definition) is 0. The maximum Gasteiger partial charge on any atom is 2.00 e. The number of nitrogens with zero attached hydrogens (tertiary/aromatic N) is 6. The number of rotatable bonds is 8. The average molecular weight is 1020 g/mol. The van der Waals surface area contributed by atoms with E-state index in [1.807, 2.05) is 36.4 Å². The Morgan fingerprint density at radius 3 is 1.25 bits per heavy atom. The van der Waals surface area contributed by atoms with E-state index in [1.54, 1.807) is 49.1 Å². The van der Waals surface area contributed by atoms with Crippen molar-refractivity contribution >= 4 is 76.1 Å². The predicted molar refractivity (Wildman–Crippen MR) is 184 cm³/mol. The van der Waals surface area contributed by atoms with Crippen molar-refractivity contribution < 1.29 is 54.5 Å². The zero-order chi connectivity index (χ0) is 34.5. The predicted octanol–water partition coefficient (Wildman–Crippen LogP) is 6.20. The number of pyridine rings is 2. The SMILES string of the molecule is O=[N+]([O-])[O-].O=[N+]([O-])[O-].[Cu+2].[Cu+2].[O-]c1c(Br)cc(Br)cc1C=NCCc1ccccn1.[O-]c1c(Br)cc(Br)cc1C=NCCc1ccccn1. The minimum atomic E-state index is -1.75. The van der Waals surface area contributed by atoms with Crippen LogP contribution in [0.5, 0.6) is 11.5 Å². The van der Waals surface area contributed by atoms with Gasteiger partial charge in [0.2, 0.25) is 0 Å². The van der Waals surface area contributed by atoms with Crippen LogP contribution in [0, 0.1) is 30.6 Å². The number of aliphatic imine (C=N–C) groups is 2. The minimum absolute atomic E-state index is 0. The first-order chi connectivity index (χ1) is 21.8. The van der Waals surface area contributed by atoms with Crippen LogP contribution in [0.2, 0.25) is 0 Å². The zero-order valence-electron chi connectivity index (χ0n) is 24.0. The quantitative estimate of drug-likeness (QED) is 0.0840. The van der Waals surface area contributed by atoms with Crippen molar-refractivity contribution in [3.63, 3.8) is 0 Å². The molecule has 0 amide bonds. The monoisotopic (exact) mass is 1010 g/mol. The molecule has 0 aliphatic carbocycles. The van der Waals surface area contributed by atoms with E-state index in [2.05, 4.69) is 83.7 Å². The van der Waals surface area contributed by atoms with Crippen molar-refractivity contribution in [2.75, 3.05) is 13.1 Å². The van der Waals surface area contributed by atoms with Gasteiger partial charge in [-0.3, -0.25) is 20.0 Å². The number of benzene rings is 2. The molecule has 4 aromatic rings. The standard InChI is InChI=1S/2C14H12Br2N2O.2Cu.2NO3/c2*15-11-7-10(14(19)13(16)8-11)9-17-6-4-12-3-1-2-5-18-12;;;2*2-1(3)4/h2*1-3,5,7-9,19H,4,6H2;;;;/q;;2*+2;2*-1/p-2. The van der Waals surface area contributed by atoms with Crippen LogP contribution in [0.4, 0.5) is 0 Å². The molecule has 2 radical (unpaired) electrons. The van der Waals surface area contributed by atoms with Gasteiger partial charge in [0, 0.05) is 80.0 Å². The van der Waals surface area contributed by atoms with Gasteiger partial charge in [0.1, 0.15) is 0 Å². The van der Waals surface area contributed by atoms with Gasteiger partial charge in [-0.05, 0) is 59.7 Å². The molecular weight excluding hydrogens is 995 g/mol. The van der Waals surface area contributed by atoms with Gasteiger partial charge in [-0.2, -0.15) is 0 Å². The zero-order valence-corrected chi connectivity index (χ0v) is 32.2. The summed E-state index contributed by atoms with van der Waals surface area (Å²) in [7, 11) is 0. The molecule has 14 nitrogen and oxygen atoms in total. The van der Waals surface area contributed by atoms with Crippen LogP contribution in [0.3, 0.4) is 0 Å². The fourth-order valence-electron chi connectivity index (χ4n) is 3.13. The summed E-state index contributed by atoms with van der Waals surface area (Å²) in [6.45, 7) is 1.22. The maximum absolute atomic E-state index is 11.8. The fraction of sp³-hybridized carbons (Fsp3) is 0.143. The van der Waals surface area contributed by atoms with Crippen molar-refractivity contribution in [1.82, 2.24) is 9.97 Å². The van der Waals surface area contributed by atoms with E-state index in [4.69, 9.17) is 30.6 Å². The van der Waals surface area contributed by atoms with Crippen LogP contribution in [-0.4, -0.2) is 45.7 Å². The first kappa shape index (κ1) is 47.2. The Kier molecular flexibility index (Phi) is 26.5. The Balaban J connectivity index is 0. The summed E-state index contributed by atoms with van der Waals surface area (Å²) >= 11 is 13.2. The normalized spacial score (nSPS) is 9.75. The summed E-state index contributed by atoms with van der Waals surface area (Å²) in [4.78, 5) is 33.5. The smallest absolute Gasteiger partial charge is 0.871 e. The Labute approximate surface area is 329 Å². The van der Waals surface area contributed by atoms with E-state index in [0.29, 0.717) is 33.2 Å². The van der Waals surface area contributed by atoms with Gasteiger partial charge in [0.25, 0.3) is 0 Å². The summed E-state index contributed by atoms with van der Waals surface area (Å²) in [6, 6.07) is 18.6. The Morgan fingerprint density at radius 2 is 0.958 bits per heavy atom. The molecule has 0 fully saturated rings. The Morgan fingerprint density at radius 1 is 0.625 bits per heavy atom. The van der Waals surface area contributed by atoms with Crippen LogP contribution < -0.4 is 10.2 Å². The van der Waals surface area contributed by atoms with Crippen molar-refractivity contribution in [2.24, 2.45) is 9.98 Å². The van der Waals surface area contributed by atoms with Crippen molar-refractivity contribution in [3.05, 3.63) is 144 Å². The van der Waals surface area contributed by atoms with Gasteiger partial charge in [-0.15, -0.1) is 0 Å². The third-order valence-corrected chi connectivity index (χ3v) is 7.08. The molecule has 0 aliphatic heterocycles.